The Bertz CT molecular complexity index is 726. The van der Waals surface area contributed by atoms with Crippen molar-refractivity contribution in [2.24, 2.45) is 0 Å². The zero-order valence-corrected chi connectivity index (χ0v) is 11.2. The predicted octanol–water partition coefficient (Wildman–Crippen LogP) is 1.03. The average Bonchev–Trinajstić information content (AvgIpc) is 3.04. The predicted molar refractivity (Wildman–Crippen MR) is 72.1 cm³/mol. The summed E-state index contributed by atoms with van der Waals surface area (Å²) in [6.07, 6.45) is 6.87. The number of hydrogen-bond donors (Lipinski definition) is 1. The van der Waals surface area contributed by atoms with Crippen LogP contribution in [0.3, 0.4) is 0 Å². The van der Waals surface area contributed by atoms with Gasteiger partial charge in [0.1, 0.15) is 5.69 Å². The second-order valence-corrected chi connectivity index (χ2v) is 4.63. The first-order valence-corrected chi connectivity index (χ1v) is 6.19. The summed E-state index contributed by atoms with van der Waals surface area (Å²) in [5, 5.41) is 6.81. The minimum Gasteiger partial charge on any atom is -0.336 e. The highest BCUT2D eigenvalue weighted by atomic mass is 16.2. The molecule has 20 heavy (non-hydrogen) atoms. The second kappa shape index (κ2) is 4.76. The van der Waals surface area contributed by atoms with Crippen molar-refractivity contribution in [1.29, 1.82) is 0 Å². The molecule has 0 unspecified atom stereocenters. The topological polar surface area (TPSA) is 79.2 Å². The molecule has 0 aromatic carbocycles. The Balaban J connectivity index is 1.82. The number of aryl methyl sites for hydroxylation is 1. The highest BCUT2D eigenvalue weighted by molar-refractivity contribution is 5.92. The zero-order valence-electron chi connectivity index (χ0n) is 11.2. The van der Waals surface area contributed by atoms with Gasteiger partial charge in [-0.2, -0.15) is 5.10 Å². The van der Waals surface area contributed by atoms with E-state index in [0.717, 1.165) is 11.3 Å². The monoisotopic (exact) mass is 270 g/mol. The number of hydrogen-bond acceptors (Lipinski definition) is 4. The van der Waals surface area contributed by atoms with E-state index in [9.17, 15) is 4.79 Å². The first kappa shape index (κ1) is 12.3. The number of nitrogens with one attached hydrogen (secondary N) is 1. The number of H-pyrrole nitrogens is 1. The van der Waals surface area contributed by atoms with Crippen molar-refractivity contribution in [3.63, 3.8) is 0 Å². The maximum Gasteiger partial charge on any atom is 0.274 e. The van der Waals surface area contributed by atoms with Crippen LogP contribution in [0.1, 0.15) is 21.7 Å². The molecule has 1 N–H and O–H groups in total. The summed E-state index contributed by atoms with van der Waals surface area (Å²) in [5.74, 6) is 0.375. The van der Waals surface area contributed by atoms with E-state index >= 15 is 0 Å². The quantitative estimate of drug-likeness (QED) is 0.771. The maximum absolute atomic E-state index is 12.3. The summed E-state index contributed by atoms with van der Waals surface area (Å²) in [5.41, 5.74) is 2.33. The van der Waals surface area contributed by atoms with E-state index < -0.39 is 0 Å². The van der Waals surface area contributed by atoms with Gasteiger partial charge < -0.3 is 4.90 Å². The molecular formula is C13H14N6O. The number of imidazole rings is 1. The Morgan fingerprint density at radius 1 is 1.50 bits per heavy atom. The second-order valence-electron chi connectivity index (χ2n) is 4.63. The van der Waals surface area contributed by atoms with E-state index in [0.29, 0.717) is 18.0 Å². The highest BCUT2D eigenvalue weighted by Crippen LogP contribution is 2.10. The standard InChI is InChI=1S/C13H14N6O/c1-9-10(6-15-17-9)7-18(2)12(20)11-8-19-5-3-4-14-13(19)16-11/h3-6,8H,7H2,1-2H3,(H,15,17). The molecule has 3 rings (SSSR count). The molecule has 0 fully saturated rings. The summed E-state index contributed by atoms with van der Waals surface area (Å²) in [7, 11) is 1.74. The fraction of sp³-hybridized carbons (Fsp3) is 0.231. The molecule has 0 saturated carbocycles. The Kier molecular flexibility index (Phi) is 2.94. The normalized spacial score (nSPS) is 10.9. The van der Waals surface area contributed by atoms with Gasteiger partial charge in [0.25, 0.3) is 5.91 Å². The van der Waals surface area contributed by atoms with Crippen LogP contribution >= 0.6 is 0 Å². The number of aromatic amines is 1. The summed E-state index contributed by atoms with van der Waals surface area (Å²) >= 11 is 0. The van der Waals surface area contributed by atoms with Gasteiger partial charge in [0.2, 0.25) is 5.78 Å². The number of amides is 1. The van der Waals surface area contributed by atoms with Crippen molar-refractivity contribution in [3.8, 4) is 0 Å². The molecule has 0 aliphatic carbocycles. The van der Waals surface area contributed by atoms with Crippen LogP contribution in [-0.4, -0.2) is 42.4 Å². The third-order valence-corrected chi connectivity index (χ3v) is 3.14. The first-order chi connectivity index (χ1) is 9.65. The first-order valence-electron chi connectivity index (χ1n) is 6.19. The molecule has 7 heteroatoms. The van der Waals surface area contributed by atoms with E-state index in [2.05, 4.69) is 20.2 Å². The number of carbonyl (C=O) groups excluding carboxylic acids is 1. The van der Waals surface area contributed by atoms with Crippen molar-refractivity contribution in [2.45, 2.75) is 13.5 Å². The summed E-state index contributed by atoms with van der Waals surface area (Å²) in [6, 6.07) is 1.79. The Morgan fingerprint density at radius 3 is 3.05 bits per heavy atom. The van der Waals surface area contributed by atoms with Crippen LogP contribution in [0.2, 0.25) is 0 Å². The summed E-state index contributed by atoms with van der Waals surface area (Å²) in [4.78, 5) is 22.3. The van der Waals surface area contributed by atoms with Gasteiger partial charge in [-0.3, -0.25) is 14.3 Å². The molecule has 7 nitrogen and oxygen atoms in total. The molecule has 0 atom stereocenters. The SMILES string of the molecule is Cc1[nH]ncc1CN(C)C(=O)c1cn2cccnc2n1. The Hall–Kier alpha value is -2.70. The van der Waals surface area contributed by atoms with Gasteiger partial charge in [-0.25, -0.2) is 9.97 Å². The average molecular weight is 270 g/mol. The molecule has 3 aromatic heterocycles. The molecule has 0 bridgehead atoms. The molecule has 0 radical (unpaired) electrons. The third kappa shape index (κ3) is 2.13. The Labute approximate surface area is 115 Å². The molecule has 0 spiro atoms. The molecular weight excluding hydrogens is 256 g/mol. The van der Waals surface area contributed by atoms with Crippen molar-refractivity contribution >= 4 is 11.7 Å². The van der Waals surface area contributed by atoms with Crippen LogP contribution in [0.25, 0.3) is 5.78 Å². The van der Waals surface area contributed by atoms with Crippen molar-refractivity contribution in [2.75, 3.05) is 7.05 Å². The van der Waals surface area contributed by atoms with Crippen molar-refractivity contribution < 1.29 is 4.79 Å². The van der Waals surface area contributed by atoms with Crippen LogP contribution < -0.4 is 0 Å². The van der Waals surface area contributed by atoms with Gasteiger partial charge in [-0.15, -0.1) is 0 Å². The van der Waals surface area contributed by atoms with Crippen LogP contribution in [-0.2, 0) is 6.54 Å². The minimum atomic E-state index is -0.142. The fourth-order valence-corrected chi connectivity index (χ4v) is 1.99. The lowest BCUT2D eigenvalue weighted by atomic mass is 10.2. The van der Waals surface area contributed by atoms with Gasteiger partial charge in [0, 0.05) is 43.4 Å². The van der Waals surface area contributed by atoms with Crippen LogP contribution in [0, 0.1) is 6.92 Å². The van der Waals surface area contributed by atoms with Crippen LogP contribution in [0.5, 0.6) is 0 Å². The third-order valence-electron chi connectivity index (χ3n) is 3.14. The van der Waals surface area contributed by atoms with Gasteiger partial charge in [0.05, 0.1) is 6.20 Å². The lowest BCUT2D eigenvalue weighted by Crippen LogP contribution is -2.26. The molecule has 0 aliphatic rings. The van der Waals surface area contributed by atoms with E-state index in [1.54, 1.807) is 41.0 Å². The highest BCUT2D eigenvalue weighted by Gasteiger charge is 2.17. The lowest BCUT2D eigenvalue weighted by Gasteiger charge is -2.15. The van der Waals surface area contributed by atoms with Gasteiger partial charge in [-0.1, -0.05) is 0 Å². The van der Waals surface area contributed by atoms with Crippen molar-refractivity contribution in [3.05, 3.63) is 47.8 Å². The van der Waals surface area contributed by atoms with Gasteiger partial charge >= 0.3 is 0 Å². The Morgan fingerprint density at radius 2 is 2.35 bits per heavy atom. The van der Waals surface area contributed by atoms with E-state index in [4.69, 9.17) is 0 Å². The van der Waals surface area contributed by atoms with Gasteiger partial charge in [0.15, 0.2) is 0 Å². The minimum absolute atomic E-state index is 0.142. The zero-order chi connectivity index (χ0) is 14.1. The smallest absolute Gasteiger partial charge is 0.274 e. The number of fused-ring (bicyclic) bond motifs is 1. The van der Waals surface area contributed by atoms with Crippen molar-refractivity contribution in [1.82, 2.24) is 29.5 Å². The number of rotatable bonds is 3. The summed E-state index contributed by atoms with van der Waals surface area (Å²) in [6.45, 7) is 2.41. The largest absolute Gasteiger partial charge is 0.336 e. The van der Waals surface area contributed by atoms with Gasteiger partial charge in [-0.05, 0) is 13.0 Å². The van der Waals surface area contributed by atoms with E-state index in [1.165, 1.54) is 0 Å². The van der Waals surface area contributed by atoms with Crippen LogP contribution in [0.4, 0.5) is 0 Å². The van der Waals surface area contributed by atoms with E-state index in [-0.39, 0.29) is 5.91 Å². The van der Waals surface area contributed by atoms with Crippen LogP contribution in [0.15, 0.2) is 30.9 Å². The lowest BCUT2D eigenvalue weighted by molar-refractivity contribution is 0.0780. The fourth-order valence-electron chi connectivity index (χ4n) is 1.99. The molecule has 0 aliphatic heterocycles. The molecule has 102 valence electrons. The number of nitrogens with zero attached hydrogens (tertiary/aromatic N) is 5. The molecule has 0 saturated heterocycles. The summed E-state index contributed by atoms with van der Waals surface area (Å²) < 4.78 is 1.73. The number of aromatic nitrogens is 5. The molecule has 3 heterocycles. The number of carbonyl (C=O) groups is 1. The molecule has 1 amide bonds. The maximum atomic E-state index is 12.3. The molecule has 3 aromatic rings. The van der Waals surface area contributed by atoms with E-state index in [1.807, 2.05) is 13.1 Å².